The van der Waals surface area contributed by atoms with Crippen molar-refractivity contribution in [3.8, 4) is 5.75 Å². The summed E-state index contributed by atoms with van der Waals surface area (Å²) in [5.41, 5.74) is 0.154. The van der Waals surface area contributed by atoms with Crippen LogP contribution in [0.2, 0.25) is 0 Å². The first-order valence-electron chi connectivity index (χ1n) is 5.15. The predicted octanol–water partition coefficient (Wildman–Crippen LogP) is 3.02. The molecule has 0 aliphatic carbocycles. The third kappa shape index (κ3) is 4.31. The Morgan fingerprint density at radius 3 is 2.53 bits per heavy atom. The van der Waals surface area contributed by atoms with Crippen LogP contribution in [0.5, 0.6) is 5.75 Å². The second-order valence-corrected chi connectivity index (χ2v) is 3.82. The summed E-state index contributed by atoms with van der Waals surface area (Å²) < 4.78 is 53.2. The van der Waals surface area contributed by atoms with Gasteiger partial charge in [0.25, 0.3) is 0 Å². The predicted molar refractivity (Wildman–Crippen MR) is 60.7 cm³/mol. The van der Waals surface area contributed by atoms with E-state index in [0.29, 0.717) is 0 Å². The molecule has 1 N–H and O–H groups in total. The van der Waals surface area contributed by atoms with Crippen molar-refractivity contribution in [2.24, 2.45) is 0 Å². The highest BCUT2D eigenvalue weighted by molar-refractivity contribution is 5.89. The number of hydrogen-bond acceptors (Lipinski definition) is 2. The molecule has 106 valence electrons. The number of rotatable bonds is 4. The monoisotopic (exact) mass is 280 g/mol. The minimum atomic E-state index is -4.58. The van der Waals surface area contributed by atoms with Crippen LogP contribution >= 0.6 is 0 Å². The first-order valence-corrected chi connectivity index (χ1v) is 5.15. The lowest BCUT2D eigenvalue weighted by Gasteiger charge is -2.17. The van der Waals surface area contributed by atoms with Crippen LogP contribution in [0.4, 0.5) is 28.0 Å². The summed E-state index contributed by atoms with van der Waals surface area (Å²) in [5.74, 6) is -0.471. The van der Waals surface area contributed by atoms with Gasteiger partial charge < -0.3 is 15.0 Å². The van der Waals surface area contributed by atoms with E-state index in [9.17, 15) is 22.4 Å². The number of carbonyl (C=O) groups is 1. The highest BCUT2D eigenvalue weighted by atomic mass is 19.3. The van der Waals surface area contributed by atoms with Crippen molar-refractivity contribution in [3.63, 3.8) is 0 Å². The number of halogens is 4. The average molecular weight is 280 g/mol. The topological polar surface area (TPSA) is 41.6 Å². The van der Waals surface area contributed by atoms with E-state index in [-0.39, 0.29) is 5.69 Å². The number of carbonyl (C=O) groups excluding carboxylic acids is 1. The lowest BCUT2D eigenvalue weighted by Crippen LogP contribution is -2.33. The molecule has 0 saturated heterocycles. The van der Waals surface area contributed by atoms with Crippen LogP contribution < -0.4 is 10.1 Å². The fourth-order valence-corrected chi connectivity index (χ4v) is 1.07. The van der Waals surface area contributed by atoms with Crippen LogP contribution in [0.1, 0.15) is 0 Å². The molecule has 0 aromatic heterocycles. The molecule has 19 heavy (non-hydrogen) atoms. The molecule has 0 atom stereocenters. The van der Waals surface area contributed by atoms with Crippen molar-refractivity contribution in [2.45, 2.75) is 12.5 Å². The molecule has 8 heteroatoms. The fraction of sp³-hybridized carbons (Fsp3) is 0.364. The van der Waals surface area contributed by atoms with Gasteiger partial charge in [-0.3, -0.25) is 0 Å². The molecule has 1 aromatic rings. The maximum atomic E-state index is 12.7. The number of nitrogens with one attached hydrogen (secondary N) is 1. The van der Waals surface area contributed by atoms with Crippen LogP contribution in [0.3, 0.4) is 0 Å². The van der Waals surface area contributed by atoms with Crippen molar-refractivity contribution >= 4 is 11.7 Å². The van der Waals surface area contributed by atoms with Crippen LogP contribution in [-0.2, 0) is 0 Å². The van der Waals surface area contributed by atoms with E-state index in [1.807, 2.05) is 0 Å². The van der Waals surface area contributed by atoms with Crippen molar-refractivity contribution in [2.75, 3.05) is 19.4 Å². The Kier molecular flexibility index (Phi) is 4.57. The SMILES string of the molecule is CN(C)C(=O)Nc1cccc(OC(F)(F)C(F)F)c1. The minimum absolute atomic E-state index is 0.154. The highest BCUT2D eigenvalue weighted by Gasteiger charge is 2.43. The number of benzene rings is 1. The molecule has 0 heterocycles. The Balaban J connectivity index is 2.80. The molecular formula is C11H12F4N2O2. The maximum Gasteiger partial charge on any atom is 0.461 e. The van der Waals surface area contributed by atoms with Gasteiger partial charge in [-0.2, -0.15) is 17.6 Å². The molecule has 0 aliphatic heterocycles. The zero-order valence-corrected chi connectivity index (χ0v) is 10.2. The van der Waals surface area contributed by atoms with E-state index >= 15 is 0 Å². The first-order chi connectivity index (χ1) is 8.72. The van der Waals surface area contributed by atoms with E-state index in [0.717, 1.165) is 12.1 Å². The van der Waals surface area contributed by atoms with E-state index in [1.165, 1.54) is 31.1 Å². The smallest absolute Gasteiger partial charge is 0.428 e. The van der Waals surface area contributed by atoms with Gasteiger partial charge in [0.05, 0.1) is 0 Å². The molecule has 0 radical (unpaired) electrons. The summed E-state index contributed by atoms with van der Waals surface area (Å²) in [7, 11) is 2.97. The molecule has 0 fully saturated rings. The standard InChI is InChI=1S/C11H12F4N2O2/c1-17(2)10(18)16-7-4-3-5-8(6-7)19-11(14,15)9(12)13/h3-6,9H,1-2H3,(H,16,18). The number of urea groups is 1. The summed E-state index contributed by atoms with van der Waals surface area (Å²) >= 11 is 0. The van der Waals surface area contributed by atoms with Crippen molar-refractivity contribution in [1.29, 1.82) is 0 Å². The lowest BCUT2D eigenvalue weighted by molar-refractivity contribution is -0.253. The molecule has 4 nitrogen and oxygen atoms in total. The largest absolute Gasteiger partial charge is 0.461 e. The van der Waals surface area contributed by atoms with Gasteiger partial charge in [0, 0.05) is 25.8 Å². The maximum absolute atomic E-state index is 12.7. The number of hydrogen-bond donors (Lipinski definition) is 1. The quantitative estimate of drug-likeness (QED) is 0.861. The van der Waals surface area contributed by atoms with Crippen molar-refractivity contribution < 1.29 is 27.1 Å². The first kappa shape index (κ1) is 15.1. The number of nitrogens with zero attached hydrogens (tertiary/aromatic N) is 1. The molecule has 0 saturated carbocycles. The number of amides is 2. The second kappa shape index (κ2) is 5.77. The van der Waals surface area contributed by atoms with Crippen LogP contribution in [0.25, 0.3) is 0 Å². The summed E-state index contributed by atoms with van der Waals surface area (Å²) in [5, 5.41) is 2.37. The van der Waals surface area contributed by atoms with Gasteiger partial charge >= 0.3 is 18.6 Å². The highest BCUT2D eigenvalue weighted by Crippen LogP contribution is 2.28. The van der Waals surface area contributed by atoms with E-state index in [1.54, 1.807) is 0 Å². The Hall–Kier alpha value is -1.99. The Morgan fingerprint density at radius 2 is 2.00 bits per heavy atom. The van der Waals surface area contributed by atoms with Crippen molar-refractivity contribution in [3.05, 3.63) is 24.3 Å². The normalized spacial score (nSPS) is 11.3. The number of alkyl halides is 4. The molecular weight excluding hydrogens is 268 g/mol. The molecule has 0 unspecified atom stereocenters. The van der Waals surface area contributed by atoms with E-state index in [4.69, 9.17) is 0 Å². The van der Waals surface area contributed by atoms with Crippen LogP contribution in [0.15, 0.2) is 24.3 Å². The average Bonchev–Trinajstić information content (AvgIpc) is 2.28. The second-order valence-electron chi connectivity index (χ2n) is 3.82. The lowest BCUT2D eigenvalue weighted by atomic mass is 10.3. The van der Waals surface area contributed by atoms with Gasteiger partial charge in [-0.15, -0.1) is 0 Å². The third-order valence-electron chi connectivity index (χ3n) is 2.00. The molecule has 0 spiro atoms. The zero-order chi connectivity index (χ0) is 14.6. The summed E-state index contributed by atoms with van der Waals surface area (Å²) in [6, 6.07) is 4.33. The van der Waals surface area contributed by atoms with Crippen LogP contribution in [-0.4, -0.2) is 37.6 Å². The minimum Gasteiger partial charge on any atom is -0.428 e. The van der Waals surface area contributed by atoms with Gasteiger partial charge in [0.1, 0.15) is 5.75 Å². The number of anilines is 1. The van der Waals surface area contributed by atoms with Gasteiger partial charge in [-0.05, 0) is 12.1 Å². The fourth-order valence-electron chi connectivity index (χ4n) is 1.07. The van der Waals surface area contributed by atoms with Gasteiger partial charge in [-0.25, -0.2) is 4.79 Å². The molecule has 1 rings (SSSR count). The summed E-state index contributed by atoms with van der Waals surface area (Å²) in [4.78, 5) is 12.5. The van der Waals surface area contributed by atoms with Crippen molar-refractivity contribution in [1.82, 2.24) is 4.90 Å². The third-order valence-corrected chi connectivity index (χ3v) is 2.00. The van der Waals surface area contributed by atoms with Gasteiger partial charge in [-0.1, -0.05) is 6.07 Å². The Bertz CT molecular complexity index is 452. The van der Waals surface area contributed by atoms with E-state index in [2.05, 4.69) is 10.1 Å². The summed E-state index contributed by atoms with van der Waals surface area (Å²) in [6.07, 6.45) is -8.52. The van der Waals surface area contributed by atoms with Gasteiger partial charge in [0.2, 0.25) is 0 Å². The molecule has 1 aromatic carbocycles. The Labute approximate surface area is 107 Å². The van der Waals surface area contributed by atoms with Crippen LogP contribution in [0, 0.1) is 0 Å². The molecule has 2 amide bonds. The van der Waals surface area contributed by atoms with E-state index < -0.39 is 24.3 Å². The zero-order valence-electron chi connectivity index (χ0n) is 10.2. The molecule has 0 aliphatic rings. The van der Waals surface area contributed by atoms with Gasteiger partial charge in [0.15, 0.2) is 0 Å². The Morgan fingerprint density at radius 1 is 1.37 bits per heavy atom. The summed E-state index contributed by atoms with van der Waals surface area (Å²) in [6.45, 7) is 0. The molecule has 0 bridgehead atoms. The number of ether oxygens (including phenoxy) is 1.